The number of hydrogen-bond acceptors (Lipinski definition) is 6. The molecule has 2 N–H and O–H groups in total. The molecule has 23 heavy (non-hydrogen) atoms. The monoisotopic (exact) mass is 370 g/mol. The lowest BCUT2D eigenvalue weighted by molar-refractivity contribution is -0.118. The third-order valence-electron chi connectivity index (χ3n) is 2.77. The fourth-order valence-corrected chi connectivity index (χ4v) is 3.46. The third-order valence-corrected chi connectivity index (χ3v) is 5.02. The highest BCUT2D eigenvalue weighted by Gasteiger charge is 2.08. The van der Waals surface area contributed by atoms with Crippen molar-refractivity contribution >= 4 is 45.7 Å². The van der Waals surface area contributed by atoms with Gasteiger partial charge in [0.1, 0.15) is 0 Å². The van der Waals surface area contributed by atoms with Crippen LogP contribution in [0.25, 0.3) is 0 Å². The van der Waals surface area contributed by atoms with Crippen molar-refractivity contribution in [2.75, 3.05) is 17.6 Å². The van der Waals surface area contributed by atoms with E-state index < -0.39 is 0 Å². The lowest BCUT2D eigenvalue weighted by atomic mass is 10.2. The minimum atomic E-state index is -0.0399. The molecule has 0 bridgehead atoms. The van der Waals surface area contributed by atoms with E-state index in [0.717, 1.165) is 21.6 Å². The summed E-state index contributed by atoms with van der Waals surface area (Å²) < 4.78 is 0.786. The topological polar surface area (TPSA) is 66.9 Å². The van der Waals surface area contributed by atoms with Gasteiger partial charge in [-0.15, -0.1) is 10.2 Å². The Hall–Kier alpha value is -1.31. The molecule has 124 valence electrons. The molecule has 1 aromatic carbocycles. The molecule has 1 aromatic heterocycles. The van der Waals surface area contributed by atoms with Gasteiger partial charge in [0.15, 0.2) is 4.34 Å². The van der Waals surface area contributed by atoms with Crippen molar-refractivity contribution in [2.45, 2.75) is 24.7 Å². The molecule has 0 unspecified atom stereocenters. The van der Waals surface area contributed by atoms with Crippen molar-refractivity contribution in [1.82, 2.24) is 15.5 Å². The van der Waals surface area contributed by atoms with Crippen LogP contribution in [-0.4, -0.2) is 28.4 Å². The van der Waals surface area contributed by atoms with Gasteiger partial charge in [-0.1, -0.05) is 60.7 Å². The van der Waals surface area contributed by atoms with Crippen LogP contribution >= 0.6 is 34.7 Å². The third kappa shape index (κ3) is 6.76. The number of halogens is 1. The molecule has 1 amide bonds. The first-order chi connectivity index (χ1) is 11.0. The summed E-state index contributed by atoms with van der Waals surface area (Å²) in [5.41, 5.74) is 0.979. The molecule has 5 nitrogen and oxygen atoms in total. The first-order valence-corrected chi connectivity index (χ1v) is 9.42. The summed E-state index contributed by atoms with van der Waals surface area (Å²) in [5.74, 6) is 0.827. The lowest BCUT2D eigenvalue weighted by Crippen LogP contribution is -2.24. The highest BCUT2D eigenvalue weighted by molar-refractivity contribution is 8.01. The molecule has 0 atom stereocenters. The Balaban J connectivity index is 1.72. The van der Waals surface area contributed by atoms with Gasteiger partial charge in [-0.25, -0.2) is 0 Å². The number of nitrogens with zero attached hydrogens (tertiary/aromatic N) is 2. The number of benzene rings is 1. The minimum Gasteiger partial charge on any atom is -0.360 e. The van der Waals surface area contributed by atoms with Gasteiger partial charge in [-0.05, 0) is 23.6 Å². The van der Waals surface area contributed by atoms with Crippen LogP contribution in [0.2, 0.25) is 5.02 Å². The van der Waals surface area contributed by atoms with E-state index in [0.29, 0.717) is 23.2 Å². The molecule has 0 aliphatic carbocycles. The van der Waals surface area contributed by atoms with Gasteiger partial charge in [0, 0.05) is 18.1 Å². The van der Waals surface area contributed by atoms with E-state index in [2.05, 4.69) is 34.7 Å². The lowest BCUT2D eigenvalue weighted by Gasteiger charge is -2.04. The maximum absolute atomic E-state index is 11.9. The van der Waals surface area contributed by atoms with Gasteiger partial charge < -0.3 is 10.6 Å². The average Bonchev–Trinajstić information content (AvgIpc) is 2.97. The zero-order chi connectivity index (χ0) is 16.7. The molecule has 8 heteroatoms. The van der Waals surface area contributed by atoms with Crippen molar-refractivity contribution in [2.24, 2.45) is 5.92 Å². The molecule has 0 aliphatic heterocycles. The number of amides is 1. The van der Waals surface area contributed by atoms with Crippen LogP contribution in [0.3, 0.4) is 0 Å². The number of carbonyl (C=O) groups excluding carboxylic acids is 1. The van der Waals surface area contributed by atoms with Crippen LogP contribution in [0.5, 0.6) is 0 Å². The predicted octanol–water partition coefficient (Wildman–Crippen LogP) is 3.67. The summed E-state index contributed by atoms with van der Waals surface area (Å²) in [5, 5.41) is 15.7. The van der Waals surface area contributed by atoms with Crippen LogP contribution in [-0.2, 0) is 11.3 Å². The summed E-state index contributed by atoms with van der Waals surface area (Å²) in [6, 6.07) is 7.44. The average molecular weight is 371 g/mol. The van der Waals surface area contributed by atoms with Crippen molar-refractivity contribution < 1.29 is 4.79 Å². The first-order valence-electron chi connectivity index (χ1n) is 7.24. The molecule has 0 saturated carbocycles. The molecule has 2 aromatic rings. The van der Waals surface area contributed by atoms with Crippen molar-refractivity contribution in [3.63, 3.8) is 0 Å². The Labute approximate surface area is 149 Å². The quantitative estimate of drug-likeness (QED) is 0.694. The Kier molecular flexibility index (Phi) is 7.14. The number of anilines is 1. The molecule has 0 saturated heterocycles. The molecule has 0 fully saturated rings. The summed E-state index contributed by atoms with van der Waals surface area (Å²) in [4.78, 5) is 11.9. The predicted molar refractivity (Wildman–Crippen MR) is 97.3 cm³/mol. The molecular weight excluding hydrogens is 352 g/mol. The van der Waals surface area contributed by atoms with Crippen LogP contribution in [0.1, 0.15) is 19.4 Å². The maximum Gasteiger partial charge on any atom is 0.230 e. The first kappa shape index (κ1) is 18.0. The standard InChI is InChI=1S/C15H19ClN4OS2/c1-10(2)7-18-14-19-20-15(23-14)22-9-13(21)17-8-11-4-3-5-12(16)6-11/h3-6,10H,7-9H2,1-2H3,(H,17,21)(H,18,19). The number of rotatable bonds is 8. The second-order valence-corrected chi connectivity index (χ2v) is 7.98. The number of thioether (sulfide) groups is 1. The summed E-state index contributed by atoms with van der Waals surface area (Å²) >= 11 is 8.77. The number of nitrogens with one attached hydrogen (secondary N) is 2. The van der Waals surface area contributed by atoms with E-state index in [1.165, 1.54) is 23.1 Å². The Morgan fingerprint density at radius 2 is 2.22 bits per heavy atom. The second-order valence-electron chi connectivity index (χ2n) is 5.34. The highest BCUT2D eigenvalue weighted by atomic mass is 35.5. The van der Waals surface area contributed by atoms with Gasteiger partial charge >= 0.3 is 0 Å². The van der Waals surface area contributed by atoms with Crippen LogP contribution in [0, 0.1) is 5.92 Å². The van der Waals surface area contributed by atoms with Gasteiger partial charge in [0.05, 0.1) is 5.75 Å². The SMILES string of the molecule is CC(C)CNc1nnc(SCC(=O)NCc2cccc(Cl)c2)s1. The van der Waals surface area contributed by atoms with Gasteiger partial charge in [-0.3, -0.25) is 4.79 Å². The molecule has 0 aliphatic rings. The van der Waals surface area contributed by atoms with E-state index in [-0.39, 0.29) is 5.91 Å². The van der Waals surface area contributed by atoms with Crippen molar-refractivity contribution in [1.29, 1.82) is 0 Å². The fourth-order valence-electron chi connectivity index (χ4n) is 1.66. The molecule has 0 radical (unpaired) electrons. The van der Waals surface area contributed by atoms with Crippen molar-refractivity contribution in [3.8, 4) is 0 Å². The van der Waals surface area contributed by atoms with Crippen LogP contribution < -0.4 is 10.6 Å². The molecule has 1 heterocycles. The second kappa shape index (κ2) is 9.10. The van der Waals surface area contributed by atoms with Crippen LogP contribution in [0.4, 0.5) is 5.13 Å². The fraction of sp³-hybridized carbons (Fsp3) is 0.400. The Bertz CT molecular complexity index is 648. The number of hydrogen-bond donors (Lipinski definition) is 2. The van der Waals surface area contributed by atoms with Gasteiger partial charge in [0.2, 0.25) is 11.0 Å². The van der Waals surface area contributed by atoms with E-state index in [4.69, 9.17) is 11.6 Å². The zero-order valence-corrected chi connectivity index (χ0v) is 15.4. The van der Waals surface area contributed by atoms with E-state index in [9.17, 15) is 4.79 Å². The van der Waals surface area contributed by atoms with E-state index in [1.807, 2.05) is 24.3 Å². The maximum atomic E-state index is 11.9. The van der Waals surface area contributed by atoms with Gasteiger partial charge in [-0.2, -0.15) is 0 Å². The molecular formula is C15H19ClN4OS2. The number of aromatic nitrogens is 2. The van der Waals surface area contributed by atoms with Crippen LogP contribution in [0.15, 0.2) is 28.6 Å². The number of carbonyl (C=O) groups is 1. The summed E-state index contributed by atoms with van der Waals surface area (Å²) in [6.07, 6.45) is 0. The van der Waals surface area contributed by atoms with Crippen molar-refractivity contribution in [3.05, 3.63) is 34.9 Å². The molecule has 0 spiro atoms. The van der Waals surface area contributed by atoms with Gasteiger partial charge in [0.25, 0.3) is 0 Å². The Morgan fingerprint density at radius 1 is 1.39 bits per heavy atom. The zero-order valence-electron chi connectivity index (χ0n) is 13.0. The smallest absolute Gasteiger partial charge is 0.230 e. The van der Waals surface area contributed by atoms with E-state index in [1.54, 1.807) is 0 Å². The highest BCUT2D eigenvalue weighted by Crippen LogP contribution is 2.25. The Morgan fingerprint density at radius 3 is 2.96 bits per heavy atom. The van der Waals surface area contributed by atoms with E-state index >= 15 is 0 Å². The summed E-state index contributed by atoms with van der Waals surface area (Å²) in [6.45, 7) is 5.60. The normalized spacial score (nSPS) is 10.8. The molecule has 2 rings (SSSR count). The minimum absolute atomic E-state index is 0.0399. The largest absolute Gasteiger partial charge is 0.360 e. The summed E-state index contributed by atoms with van der Waals surface area (Å²) in [7, 11) is 0.